The first-order valence-corrected chi connectivity index (χ1v) is 6.45. The molecule has 0 amide bonds. The molecule has 0 spiro atoms. The van der Waals surface area contributed by atoms with Crippen LogP contribution in [0.25, 0.3) is 0 Å². The fraction of sp³-hybridized carbons (Fsp3) is 0.267. The number of benzene rings is 1. The smallest absolute Gasteiger partial charge is 0.231 e. The summed E-state index contributed by atoms with van der Waals surface area (Å²) < 4.78 is 16.3. The van der Waals surface area contributed by atoms with Crippen molar-refractivity contribution in [3.63, 3.8) is 0 Å². The number of nitrogens with zero attached hydrogens (tertiary/aromatic N) is 1. The van der Waals surface area contributed by atoms with E-state index in [1.54, 1.807) is 6.20 Å². The topological polar surface area (TPSA) is 66.6 Å². The van der Waals surface area contributed by atoms with E-state index in [0.717, 1.165) is 22.6 Å². The number of rotatable bonds is 4. The second-order valence-electron chi connectivity index (χ2n) is 4.69. The molecule has 2 aromatic rings. The third-order valence-corrected chi connectivity index (χ3v) is 3.11. The third-order valence-electron chi connectivity index (χ3n) is 3.11. The van der Waals surface area contributed by atoms with Crippen LogP contribution in [-0.2, 0) is 6.61 Å². The van der Waals surface area contributed by atoms with Gasteiger partial charge >= 0.3 is 0 Å². The molecule has 1 aromatic carbocycles. The van der Waals surface area contributed by atoms with Crippen LogP contribution >= 0.6 is 0 Å². The van der Waals surface area contributed by atoms with Crippen LogP contribution in [0.3, 0.4) is 0 Å². The number of nitrogens with two attached hydrogens (primary N) is 1. The van der Waals surface area contributed by atoms with Crippen molar-refractivity contribution in [3.05, 3.63) is 47.7 Å². The predicted molar refractivity (Wildman–Crippen MR) is 73.7 cm³/mol. The Kier molecular flexibility index (Phi) is 3.43. The van der Waals surface area contributed by atoms with E-state index < -0.39 is 0 Å². The fourth-order valence-electron chi connectivity index (χ4n) is 1.97. The molecule has 0 radical (unpaired) electrons. The zero-order valence-electron chi connectivity index (χ0n) is 11.2. The van der Waals surface area contributed by atoms with Crippen molar-refractivity contribution in [1.29, 1.82) is 0 Å². The molecule has 0 aliphatic carbocycles. The van der Waals surface area contributed by atoms with Crippen molar-refractivity contribution in [1.82, 2.24) is 4.98 Å². The Morgan fingerprint density at radius 3 is 2.95 bits per heavy atom. The molecule has 0 saturated carbocycles. The van der Waals surface area contributed by atoms with Crippen LogP contribution in [0.5, 0.6) is 17.4 Å². The van der Waals surface area contributed by atoms with E-state index in [0.29, 0.717) is 12.5 Å². The summed E-state index contributed by atoms with van der Waals surface area (Å²) in [5.74, 6) is 2.09. The highest BCUT2D eigenvalue weighted by molar-refractivity contribution is 5.44. The SMILES string of the molecule is CC(N)c1ccnc(OCc2ccc3c(c2)OCO3)c1. The van der Waals surface area contributed by atoms with Crippen molar-refractivity contribution in [2.45, 2.75) is 19.6 Å². The average molecular weight is 272 g/mol. The molecule has 1 unspecified atom stereocenters. The lowest BCUT2D eigenvalue weighted by Gasteiger charge is -2.09. The van der Waals surface area contributed by atoms with E-state index >= 15 is 0 Å². The Morgan fingerprint density at radius 2 is 2.10 bits per heavy atom. The van der Waals surface area contributed by atoms with Crippen LogP contribution in [0, 0.1) is 0 Å². The highest BCUT2D eigenvalue weighted by atomic mass is 16.7. The van der Waals surface area contributed by atoms with E-state index in [-0.39, 0.29) is 12.8 Å². The van der Waals surface area contributed by atoms with Gasteiger partial charge in [0.2, 0.25) is 12.7 Å². The lowest BCUT2D eigenvalue weighted by Crippen LogP contribution is -2.06. The second-order valence-corrected chi connectivity index (χ2v) is 4.69. The van der Waals surface area contributed by atoms with Crippen LogP contribution in [0.1, 0.15) is 24.1 Å². The maximum absolute atomic E-state index is 5.84. The monoisotopic (exact) mass is 272 g/mol. The Morgan fingerprint density at radius 1 is 1.25 bits per heavy atom. The molecule has 5 heteroatoms. The number of pyridine rings is 1. The van der Waals surface area contributed by atoms with Crippen molar-refractivity contribution >= 4 is 0 Å². The minimum Gasteiger partial charge on any atom is -0.473 e. The van der Waals surface area contributed by atoms with Crippen molar-refractivity contribution < 1.29 is 14.2 Å². The van der Waals surface area contributed by atoms with Gasteiger partial charge in [-0.3, -0.25) is 0 Å². The molecule has 0 bridgehead atoms. The van der Waals surface area contributed by atoms with Crippen LogP contribution in [0.4, 0.5) is 0 Å². The van der Waals surface area contributed by atoms with Gasteiger partial charge in [0.15, 0.2) is 11.5 Å². The Hall–Kier alpha value is -2.27. The van der Waals surface area contributed by atoms with Gasteiger partial charge in [0.1, 0.15) is 6.61 Å². The largest absolute Gasteiger partial charge is 0.473 e. The maximum Gasteiger partial charge on any atom is 0.231 e. The molecule has 20 heavy (non-hydrogen) atoms. The number of hydrogen-bond donors (Lipinski definition) is 1. The molecule has 1 atom stereocenters. The summed E-state index contributed by atoms with van der Waals surface area (Å²) in [4.78, 5) is 4.18. The minimum absolute atomic E-state index is 0.0362. The van der Waals surface area contributed by atoms with Crippen molar-refractivity contribution in [2.75, 3.05) is 6.79 Å². The zero-order valence-corrected chi connectivity index (χ0v) is 11.2. The molecule has 104 valence electrons. The van der Waals surface area contributed by atoms with Gasteiger partial charge in [0.05, 0.1) is 0 Å². The summed E-state index contributed by atoms with van der Waals surface area (Å²) in [6.07, 6.45) is 1.70. The van der Waals surface area contributed by atoms with Crippen molar-refractivity contribution in [3.8, 4) is 17.4 Å². The molecule has 1 aliphatic heterocycles. The van der Waals surface area contributed by atoms with Gasteiger partial charge in [-0.1, -0.05) is 6.07 Å². The molecule has 0 fully saturated rings. The van der Waals surface area contributed by atoms with Gasteiger partial charge in [0.25, 0.3) is 0 Å². The average Bonchev–Trinajstić information content (AvgIpc) is 2.93. The summed E-state index contributed by atoms with van der Waals surface area (Å²) in [6, 6.07) is 9.45. The van der Waals surface area contributed by atoms with E-state index in [9.17, 15) is 0 Å². The first kappa shape index (κ1) is 12.7. The van der Waals surface area contributed by atoms with E-state index in [1.165, 1.54) is 0 Å². The predicted octanol–water partition coefficient (Wildman–Crippen LogP) is 2.41. The fourth-order valence-corrected chi connectivity index (χ4v) is 1.97. The van der Waals surface area contributed by atoms with Crippen molar-refractivity contribution in [2.24, 2.45) is 5.73 Å². The van der Waals surface area contributed by atoms with Crippen LogP contribution in [0.15, 0.2) is 36.5 Å². The first-order valence-electron chi connectivity index (χ1n) is 6.45. The van der Waals surface area contributed by atoms with Gasteiger partial charge < -0.3 is 19.9 Å². The van der Waals surface area contributed by atoms with Crippen LogP contribution in [-0.4, -0.2) is 11.8 Å². The Balaban J connectivity index is 1.69. The van der Waals surface area contributed by atoms with Gasteiger partial charge in [-0.05, 0) is 36.2 Å². The van der Waals surface area contributed by atoms with Gasteiger partial charge in [-0.15, -0.1) is 0 Å². The van der Waals surface area contributed by atoms with Gasteiger partial charge in [-0.2, -0.15) is 0 Å². The third kappa shape index (κ3) is 2.67. The highest BCUT2D eigenvalue weighted by Crippen LogP contribution is 2.32. The van der Waals surface area contributed by atoms with E-state index in [1.807, 2.05) is 37.3 Å². The second kappa shape index (κ2) is 5.38. The van der Waals surface area contributed by atoms with E-state index in [4.69, 9.17) is 19.9 Å². The maximum atomic E-state index is 5.84. The summed E-state index contributed by atoms with van der Waals surface area (Å²) >= 11 is 0. The molecular formula is C15H16N2O3. The molecule has 1 aliphatic rings. The van der Waals surface area contributed by atoms with E-state index in [2.05, 4.69) is 4.98 Å². The quantitative estimate of drug-likeness (QED) is 0.925. The summed E-state index contributed by atoms with van der Waals surface area (Å²) in [7, 11) is 0. The molecule has 3 rings (SSSR count). The Bertz CT molecular complexity index is 614. The first-order chi connectivity index (χ1) is 9.72. The lowest BCUT2D eigenvalue weighted by atomic mass is 10.1. The van der Waals surface area contributed by atoms with Crippen LogP contribution in [0.2, 0.25) is 0 Å². The summed E-state index contributed by atoms with van der Waals surface area (Å²) in [5, 5.41) is 0. The summed E-state index contributed by atoms with van der Waals surface area (Å²) in [5.41, 5.74) is 7.84. The van der Waals surface area contributed by atoms with Gasteiger partial charge in [0, 0.05) is 18.3 Å². The lowest BCUT2D eigenvalue weighted by molar-refractivity contribution is 0.174. The molecule has 0 saturated heterocycles. The standard InChI is InChI=1S/C15H16N2O3/c1-10(16)12-4-5-17-15(7-12)18-8-11-2-3-13-14(6-11)20-9-19-13/h2-7,10H,8-9,16H2,1H3. The number of hydrogen-bond acceptors (Lipinski definition) is 5. The minimum atomic E-state index is -0.0362. The molecular weight excluding hydrogens is 256 g/mol. The number of aromatic nitrogens is 1. The molecule has 5 nitrogen and oxygen atoms in total. The zero-order chi connectivity index (χ0) is 13.9. The Labute approximate surface area is 117 Å². The van der Waals surface area contributed by atoms with Crippen LogP contribution < -0.4 is 19.9 Å². The summed E-state index contributed by atoms with van der Waals surface area (Å²) in [6.45, 7) is 2.63. The highest BCUT2D eigenvalue weighted by Gasteiger charge is 2.13. The number of ether oxygens (including phenoxy) is 3. The van der Waals surface area contributed by atoms with Gasteiger partial charge in [-0.25, -0.2) is 4.98 Å². The normalized spacial score (nSPS) is 14.1. The molecule has 1 aromatic heterocycles. The number of fused-ring (bicyclic) bond motifs is 1. The molecule has 2 heterocycles. The molecule has 2 N–H and O–H groups in total.